The lowest BCUT2D eigenvalue weighted by Crippen LogP contribution is -2.03. The molecule has 0 unspecified atom stereocenters. The SMILES string of the molecule is CC(C)c1ccc2c(c1)CCCC2. The second-order valence-corrected chi connectivity index (χ2v) is 4.39. The van der Waals surface area contributed by atoms with Crippen molar-refractivity contribution in [2.75, 3.05) is 0 Å². The average Bonchev–Trinajstić information content (AvgIpc) is 2.17. The van der Waals surface area contributed by atoms with Crippen LogP contribution in [-0.4, -0.2) is 0 Å². The third kappa shape index (κ3) is 1.77. The number of benzene rings is 1. The summed E-state index contributed by atoms with van der Waals surface area (Å²) in [6.45, 7) is 4.54. The van der Waals surface area contributed by atoms with Gasteiger partial charge in [-0.05, 0) is 48.3 Å². The van der Waals surface area contributed by atoms with Crippen molar-refractivity contribution in [3.8, 4) is 0 Å². The largest absolute Gasteiger partial charge is 0.0587 e. The fourth-order valence-electron chi connectivity index (χ4n) is 2.11. The molecule has 0 saturated carbocycles. The Bertz CT molecular complexity index is 297. The normalized spacial score (nSPS) is 15.9. The van der Waals surface area contributed by atoms with Crippen LogP contribution in [0.4, 0.5) is 0 Å². The first-order valence-corrected chi connectivity index (χ1v) is 5.39. The molecular formula is C13H18. The van der Waals surface area contributed by atoms with Crippen molar-refractivity contribution in [2.24, 2.45) is 0 Å². The van der Waals surface area contributed by atoms with E-state index in [0.717, 1.165) is 0 Å². The molecule has 70 valence electrons. The molecule has 1 aromatic carbocycles. The van der Waals surface area contributed by atoms with E-state index in [1.54, 1.807) is 11.1 Å². The van der Waals surface area contributed by atoms with Gasteiger partial charge in [-0.2, -0.15) is 0 Å². The monoisotopic (exact) mass is 174 g/mol. The van der Waals surface area contributed by atoms with Crippen LogP contribution in [0, 0.1) is 0 Å². The smallest absolute Gasteiger partial charge is 0.0219 e. The number of fused-ring (bicyclic) bond motifs is 1. The van der Waals surface area contributed by atoms with Crippen LogP contribution in [0.15, 0.2) is 18.2 Å². The molecule has 0 spiro atoms. The standard InChI is InChI=1S/C13H18/c1-10(2)12-8-7-11-5-3-4-6-13(11)9-12/h7-10H,3-6H2,1-2H3. The fourth-order valence-corrected chi connectivity index (χ4v) is 2.11. The van der Waals surface area contributed by atoms with Gasteiger partial charge < -0.3 is 0 Å². The van der Waals surface area contributed by atoms with Crippen molar-refractivity contribution in [1.82, 2.24) is 0 Å². The maximum absolute atomic E-state index is 2.42. The van der Waals surface area contributed by atoms with E-state index in [4.69, 9.17) is 0 Å². The zero-order valence-corrected chi connectivity index (χ0v) is 8.64. The van der Waals surface area contributed by atoms with E-state index in [9.17, 15) is 0 Å². The highest BCUT2D eigenvalue weighted by Gasteiger charge is 2.10. The molecule has 0 bridgehead atoms. The van der Waals surface area contributed by atoms with Crippen LogP contribution in [0.3, 0.4) is 0 Å². The van der Waals surface area contributed by atoms with Gasteiger partial charge in [0.2, 0.25) is 0 Å². The van der Waals surface area contributed by atoms with Crippen molar-refractivity contribution < 1.29 is 0 Å². The first kappa shape index (κ1) is 8.80. The highest BCUT2D eigenvalue weighted by Crippen LogP contribution is 2.25. The highest BCUT2D eigenvalue weighted by molar-refractivity contribution is 5.34. The molecule has 0 saturated heterocycles. The maximum Gasteiger partial charge on any atom is -0.0219 e. The van der Waals surface area contributed by atoms with Crippen molar-refractivity contribution in [1.29, 1.82) is 0 Å². The first-order valence-electron chi connectivity index (χ1n) is 5.39. The van der Waals surface area contributed by atoms with E-state index in [-0.39, 0.29) is 0 Å². The quantitative estimate of drug-likeness (QED) is 0.609. The maximum atomic E-state index is 2.42. The minimum atomic E-state index is 0.673. The van der Waals surface area contributed by atoms with Crippen molar-refractivity contribution >= 4 is 0 Å². The van der Waals surface area contributed by atoms with Crippen molar-refractivity contribution in [3.63, 3.8) is 0 Å². The number of aryl methyl sites for hydroxylation is 2. The molecule has 0 nitrogen and oxygen atoms in total. The van der Waals surface area contributed by atoms with Crippen LogP contribution in [0.5, 0.6) is 0 Å². The molecule has 0 heterocycles. The molecule has 0 aromatic heterocycles. The van der Waals surface area contributed by atoms with Gasteiger partial charge in [-0.15, -0.1) is 0 Å². The second kappa shape index (κ2) is 3.53. The summed E-state index contributed by atoms with van der Waals surface area (Å²) >= 11 is 0. The minimum absolute atomic E-state index is 0.673. The van der Waals surface area contributed by atoms with Gasteiger partial charge >= 0.3 is 0 Å². The van der Waals surface area contributed by atoms with Gasteiger partial charge in [0.05, 0.1) is 0 Å². The van der Waals surface area contributed by atoms with Crippen LogP contribution >= 0.6 is 0 Å². The van der Waals surface area contributed by atoms with Gasteiger partial charge in [-0.1, -0.05) is 32.0 Å². The lowest BCUT2D eigenvalue weighted by Gasteiger charge is -2.17. The molecule has 13 heavy (non-hydrogen) atoms. The minimum Gasteiger partial charge on any atom is -0.0587 e. The molecule has 0 N–H and O–H groups in total. The van der Waals surface area contributed by atoms with Crippen LogP contribution in [-0.2, 0) is 12.8 Å². The molecule has 0 atom stereocenters. The van der Waals surface area contributed by atoms with E-state index in [1.165, 1.54) is 31.2 Å². The molecule has 0 fully saturated rings. The lowest BCUT2D eigenvalue weighted by molar-refractivity contribution is 0.682. The Labute approximate surface area is 81.0 Å². The van der Waals surface area contributed by atoms with Gasteiger partial charge in [0.25, 0.3) is 0 Å². The molecule has 0 aliphatic heterocycles. The zero-order valence-electron chi connectivity index (χ0n) is 8.64. The summed E-state index contributed by atoms with van der Waals surface area (Å²) in [5.74, 6) is 0.673. The lowest BCUT2D eigenvalue weighted by atomic mass is 9.88. The number of hydrogen-bond donors (Lipinski definition) is 0. The number of hydrogen-bond acceptors (Lipinski definition) is 0. The van der Waals surface area contributed by atoms with Gasteiger partial charge in [-0.3, -0.25) is 0 Å². The van der Waals surface area contributed by atoms with E-state index < -0.39 is 0 Å². The Hall–Kier alpha value is -0.780. The molecule has 0 radical (unpaired) electrons. The summed E-state index contributed by atoms with van der Waals surface area (Å²) in [4.78, 5) is 0. The third-order valence-corrected chi connectivity index (χ3v) is 3.04. The molecule has 1 aliphatic carbocycles. The summed E-state index contributed by atoms with van der Waals surface area (Å²) in [5, 5.41) is 0. The van der Waals surface area contributed by atoms with Gasteiger partial charge in [0.1, 0.15) is 0 Å². The first-order chi connectivity index (χ1) is 6.27. The predicted octanol–water partition coefficient (Wildman–Crippen LogP) is 3.69. The fraction of sp³-hybridized carbons (Fsp3) is 0.538. The molecule has 2 rings (SSSR count). The second-order valence-electron chi connectivity index (χ2n) is 4.39. The Morgan fingerprint density at radius 3 is 2.38 bits per heavy atom. The van der Waals surface area contributed by atoms with E-state index in [0.29, 0.717) is 5.92 Å². The summed E-state index contributed by atoms with van der Waals surface area (Å²) in [5.41, 5.74) is 4.70. The summed E-state index contributed by atoms with van der Waals surface area (Å²) < 4.78 is 0. The molecular weight excluding hydrogens is 156 g/mol. The van der Waals surface area contributed by atoms with Crippen LogP contribution < -0.4 is 0 Å². The van der Waals surface area contributed by atoms with Crippen LogP contribution in [0.2, 0.25) is 0 Å². The Morgan fingerprint density at radius 1 is 1.00 bits per heavy atom. The summed E-state index contributed by atoms with van der Waals surface area (Å²) in [7, 11) is 0. The Balaban J connectivity index is 2.35. The molecule has 1 aliphatic rings. The van der Waals surface area contributed by atoms with Gasteiger partial charge in [0.15, 0.2) is 0 Å². The summed E-state index contributed by atoms with van der Waals surface area (Å²) in [6.07, 6.45) is 5.37. The predicted molar refractivity (Wildman–Crippen MR) is 57.2 cm³/mol. The van der Waals surface area contributed by atoms with E-state index in [1.807, 2.05) is 0 Å². The average molecular weight is 174 g/mol. The molecule has 0 heteroatoms. The van der Waals surface area contributed by atoms with Crippen molar-refractivity contribution in [2.45, 2.75) is 45.4 Å². The van der Waals surface area contributed by atoms with E-state index >= 15 is 0 Å². The Kier molecular flexibility index (Phi) is 2.39. The van der Waals surface area contributed by atoms with Crippen LogP contribution in [0.25, 0.3) is 0 Å². The Morgan fingerprint density at radius 2 is 1.69 bits per heavy atom. The van der Waals surface area contributed by atoms with Gasteiger partial charge in [-0.25, -0.2) is 0 Å². The van der Waals surface area contributed by atoms with Crippen molar-refractivity contribution in [3.05, 3.63) is 34.9 Å². The van der Waals surface area contributed by atoms with Crippen LogP contribution in [0.1, 0.15) is 49.3 Å². The zero-order chi connectivity index (χ0) is 9.26. The molecule has 0 amide bonds. The highest BCUT2D eigenvalue weighted by atomic mass is 14.1. The topological polar surface area (TPSA) is 0 Å². The third-order valence-electron chi connectivity index (χ3n) is 3.04. The van der Waals surface area contributed by atoms with E-state index in [2.05, 4.69) is 32.0 Å². The number of rotatable bonds is 1. The summed E-state index contributed by atoms with van der Waals surface area (Å²) in [6, 6.07) is 7.05. The molecule has 1 aromatic rings. The van der Waals surface area contributed by atoms with Gasteiger partial charge in [0, 0.05) is 0 Å².